The molecular weight excluding hydrogens is 520 g/mol. The van der Waals surface area contributed by atoms with Crippen molar-refractivity contribution in [2.75, 3.05) is 25.0 Å². The van der Waals surface area contributed by atoms with Gasteiger partial charge in [-0.15, -0.1) is 0 Å². The van der Waals surface area contributed by atoms with Crippen LogP contribution in [-0.2, 0) is 9.53 Å². The number of aromatic nitrogens is 2. The highest BCUT2D eigenvalue weighted by atomic mass is 16.5. The van der Waals surface area contributed by atoms with Crippen molar-refractivity contribution in [2.45, 2.75) is 26.7 Å². The Morgan fingerprint density at radius 3 is 2.61 bits per heavy atom. The van der Waals surface area contributed by atoms with Crippen molar-refractivity contribution in [1.82, 2.24) is 14.7 Å². The van der Waals surface area contributed by atoms with Crippen LogP contribution in [0.2, 0.25) is 0 Å². The fraction of sp³-hybridized carbons (Fsp3) is 0.250. The minimum atomic E-state index is -0.411. The van der Waals surface area contributed by atoms with Gasteiger partial charge in [-0.3, -0.25) is 14.4 Å². The number of carbonyl (C=O) groups is 2. The third-order valence-electron chi connectivity index (χ3n) is 6.87. The van der Waals surface area contributed by atoms with E-state index < -0.39 is 5.56 Å². The first-order valence-corrected chi connectivity index (χ1v) is 13.7. The van der Waals surface area contributed by atoms with Crippen LogP contribution < -0.4 is 15.6 Å². The van der Waals surface area contributed by atoms with Crippen molar-refractivity contribution < 1.29 is 19.1 Å². The van der Waals surface area contributed by atoms with Gasteiger partial charge in [-0.1, -0.05) is 36.4 Å². The van der Waals surface area contributed by atoms with Gasteiger partial charge in [0.25, 0.3) is 11.5 Å². The minimum Gasteiger partial charge on any atom is -0.466 e. The molecule has 1 N–H and O–H groups in total. The van der Waals surface area contributed by atoms with Gasteiger partial charge < -0.3 is 19.7 Å². The molecule has 9 heteroatoms. The molecule has 1 fully saturated rings. The quantitative estimate of drug-likeness (QED) is 0.288. The van der Waals surface area contributed by atoms with Crippen LogP contribution in [0.25, 0.3) is 5.69 Å². The zero-order valence-electron chi connectivity index (χ0n) is 23.1. The first kappa shape index (κ1) is 27.6. The molecule has 0 aliphatic carbocycles. The van der Waals surface area contributed by atoms with E-state index >= 15 is 0 Å². The Morgan fingerprint density at radius 2 is 1.83 bits per heavy atom. The van der Waals surface area contributed by atoms with Crippen LogP contribution in [0.5, 0.6) is 11.5 Å². The molecule has 3 aromatic carbocycles. The molecule has 41 heavy (non-hydrogen) atoms. The zero-order chi connectivity index (χ0) is 28.8. The average molecular weight is 553 g/mol. The second-order valence-corrected chi connectivity index (χ2v) is 9.90. The molecule has 9 nitrogen and oxygen atoms in total. The molecule has 210 valence electrons. The molecule has 1 unspecified atom stereocenters. The number of amides is 1. The number of piperidine rings is 1. The Bertz CT molecular complexity index is 1600. The van der Waals surface area contributed by atoms with E-state index in [1.807, 2.05) is 43.3 Å². The molecule has 0 spiro atoms. The molecule has 0 bridgehead atoms. The number of hydrogen-bond acceptors (Lipinski definition) is 7. The lowest BCUT2D eigenvalue weighted by molar-refractivity contribution is -0.149. The predicted octanol–water partition coefficient (Wildman–Crippen LogP) is 5.49. The fourth-order valence-electron chi connectivity index (χ4n) is 4.86. The first-order chi connectivity index (χ1) is 19.9. The van der Waals surface area contributed by atoms with Crippen LogP contribution in [0.3, 0.4) is 0 Å². The van der Waals surface area contributed by atoms with Gasteiger partial charge in [0.15, 0.2) is 11.4 Å². The molecule has 0 radical (unpaired) electrons. The van der Waals surface area contributed by atoms with E-state index in [4.69, 9.17) is 9.47 Å². The molecule has 1 aromatic heterocycles. The Hall–Kier alpha value is -4.92. The maximum Gasteiger partial charge on any atom is 0.310 e. The van der Waals surface area contributed by atoms with Gasteiger partial charge in [0.2, 0.25) is 0 Å². The molecule has 1 atom stereocenters. The number of hydrogen-bond donors (Lipinski definition) is 1. The van der Waals surface area contributed by atoms with Crippen molar-refractivity contribution in [1.29, 1.82) is 0 Å². The summed E-state index contributed by atoms with van der Waals surface area (Å²) in [6, 6.07) is 23.6. The Balaban J connectivity index is 1.45. The molecule has 1 aliphatic rings. The molecule has 4 aromatic rings. The summed E-state index contributed by atoms with van der Waals surface area (Å²) in [5.41, 5.74) is 2.36. The van der Waals surface area contributed by atoms with Crippen molar-refractivity contribution >= 4 is 23.3 Å². The van der Waals surface area contributed by atoms with Gasteiger partial charge >= 0.3 is 5.97 Å². The lowest BCUT2D eigenvalue weighted by Gasteiger charge is -2.31. The van der Waals surface area contributed by atoms with E-state index in [1.165, 1.54) is 10.9 Å². The number of benzene rings is 3. The molecular formula is C32H32N4O5. The monoisotopic (exact) mass is 552 g/mol. The molecule has 5 rings (SSSR count). The number of likely N-dealkylation sites (tertiary alicyclic amines) is 1. The number of aryl methyl sites for hydroxylation is 1. The maximum absolute atomic E-state index is 13.7. The van der Waals surface area contributed by atoms with Crippen molar-refractivity contribution in [3.63, 3.8) is 0 Å². The summed E-state index contributed by atoms with van der Waals surface area (Å²) in [6.07, 6.45) is 2.92. The van der Waals surface area contributed by atoms with Gasteiger partial charge in [0, 0.05) is 24.3 Å². The van der Waals surface area contributed by atoms with Crippen LogP contribution in [0.1, 0.15) is 35.7 Å². The largest absolute Gasteiger partial charge is 0.466 e. The number of rotatable bonds is 8. The number of anilines is 2. The van der Waals surface area contributed by atoms with Gasteiger partial charge in [-0.2, -0.15) is 9.78 Å². The number of nitrogens with zero attached hydrogens (tertiary/aromatic N) is 3. The van der Waals surface area contributed by atoms with E-state index in [0.29, 0.717) is 48.8 Å². The topological polar surface area (TPSA) is 103 Å². The van der Waals surface area contributed by atoms with Crippen LogP contribution in [0.4, 0.5) is 11.4 Å². The van der Waals surface area contributed by atoms with Crippen molar-refractivity contribution in [3.05, 3.63) is 107 Å². The summed E-state index contributed by atoms with van der Waals surface area (Å²) in [4.78, 5) is 41.1. The predicted molar refractivity (Wildman–Crippen MR) is 156 cm³/mol. The van der Waals surface area contributed by atoms with Crippen LogP contribution >= 0.6 is 0 Å². The standard InChI is InChI=1S/C32H32N4O5/c1-3-40-32(39)24-12-9-17-35(21-24)30(37)23-11-8-13-25(19-23)34-29-28(41-27-16-7-10-22(2)18-27)20-33-36(31(29)38)26-14-5-4-6-15-26/h4-8,10-11,13-16,18-20,24,34H,3,9,12,17,21H2,1-2H3. The molecule has 1 saturated heterocycles. The Labute approximate surface area is 238 Å². The second-order valence-electron chi connectivity index (χ2n) is 9.90. The van der Waals surface area contributed by atoms with Crippen LogP contribution in [-0.4, -0.2) is 46.3 Å². The highest BCUT2D eigenvalue weighted by molar-refractivity contribution is 5.95. The van der Waals surface area contributed by atoms with Gasteiger partial charge in [0.1, 0.15) is 5.75 Å². The van der Waals surface area contributed by atoms with Crippen molar-refractivity contribution in [3.8, 4) is 17.2 Å². The summed E-state index contributed by atoms with van der Waals surface area (Å²) in [5, 5.41) is 7.54. The summed E-state index contributed by atoms with van der Waals surface area (Å²) in [5.74, 6) is 0.0301. The SMILES string of the molecule is CCOC(=O)C1CCCN(C(=O)c2cccc(Nc3c(Oc4cccc(C)c4)cnn(-c4ccccc4)c3=O)c2)C1. The summed E-state index contributed by atoms with van der Waals surface area (Å²) in [6.45, 7) is 4.92. The van der Waals surface area contributed by atoms with Gasteiger partial charge in [0.05, 0.1) is 24.4 Å². The van der Waals surface area contributed by atoms with E-state index in [-0.39, 0.29) is 29.2 Å². The Morgan fingerprint density at radius 1 is 1.02 bits per heavy atom. The summed E-state index contributed by atoms with van der Waals surface area (Å²) in [7, 11) is 0. The van der Waals surface area contributed by atoms with Crippen molar-refractivity contribution in [2.24, 2.45) is 5.92 Å². The smallest absolute Gasteiger partial charge is 0.310 e. The summed E-state index contributed by atoms with van der Waals surface area (Å²) < 4.78 is 12.6. The summed E-state index contributed by atoms with van der Waals surface area (Å²) >= 11 is 0. The van der Waals surface area contributed by atoms with Gasteiger partial charge in [-0.25, -0.2) is 0 Å². The second kappa shape index (κ2) is 12.5. The minimum absolute atomic E-state index is 0.176. The maximum atomic E-state index is 13.7. The first-order valence-electron chi connectivity index (χ1n) is 13.7. The molecule has 2 heterocycles. The lowest BCUT2D eigenvalue weighted by Crippen LogP contribution is -2.42. The van der Waals surface area contributed by atoms with E-state index in [2.05, 4.69) is 10.4 Å². The van der Waals surface area contributed by atoms with Crippen LogP contribution in [0, 0.1) is 12.8 Å². The average Bonchev–Trinajstić information content (AvgIpc) is 2.99. The lowest BCUT2D eigenvalue weighted by atomic mass is 9.97. The normalized spacial score (nSPS) is 14.8. The van der Waals surface area contributed by atoms with Gasteiger partial charge in [-0.05, 0) is 74.7 Å². The molecule has 1 aliphatic heterocycles. The van der Waals surface area contributed by atoms with Crippen LogP contribution in [0.15, 0.2) is 89.9 Å². The van der Waals surface area contributed by atoms with E-state index in [9.17, 15) is 14.4 Å². The third kappa shape index (κ3) is 6.46. The highest BCUT2D eigenvalue weighted by Gasteiger charge is 2.30. The molecule has 0 saturated carbocycles. The number of para-hydroxylation sites is 1. The van der Waals surface area contributed by atoms with E-state index in [0.717, 1.165) is 12.0 Å². The highest BCUT2D eigenvalue weighted by Crippen LogP contribution is 2.30. The number of carbonyl (C=O) groups excluding carboxylic acids is 2. The fourth-order valence-corrected chi connectivity index (χ4v) is 4.86. The third-order valence-corrected chi connectivity index (χ3v) is 6.87. The zero-order valence-corrected chi connectivity index (χ0v) is 23.1. The Kier molecular flexibility index (Phi) is 8.43. The number of ether oxygens (including phenoxy) is 2. The number of esters is 1. The molecule has 1 amide bonds. The van der Waals surface area contributed by atoms with E-state index in [1.54, 1.807) is 54.3 Å². The number of nitrogens with one attached hydrogen (secondary N) is 1.